The van der Waals surface area contributed by atoms with Gasteiger partial charge in [0.2, 0.25) is 0 Å². The van der Waals surface area contributed by atoms with Crippen LogP contribution >= 0.6 is 23.5 Å². The summed E-state index contributed by atoms with van der Waals surface area (Å²) in [6.07, 6.45) is 3.41. The van der Waals surface area contributed by atoms with E-state index in [1.807, 2.05) is 23.5 Å². The molecule has 0 aromatic heterocycles. The molecule has 0 spiro atoms. The van der Waals surface area contributed by atoms with Gasteiger partial charge in [0.1, 0.15) is 0 Å². The van der Waals surface area contributed by atoms with E-state index in [0.717, 1.165) is 11.8 Å². The van der Waals surface area contributed by atoms with Gasteiger partial charge in [-0.05, 0) is 24.3 Å². The Morgan fingerprint density at radius 3 is 3.06 bits per heavy atom. The van der Waals surface area contributed by atoms with Gasteiger partial charge >= 0.3 is 0 Å². The molecule has 0 saturated heterocycles. The highest BCUT2D eigenvalue weighted by Gasteiger charge is 2.23. The van der Waals surface area contributed by atoms with Crippen LogP contribution in [0, 0.1) is 0 Å². The maximum Gasteiger partial charge on any atom is 0.0342 e. The number of nitrogens with one attached hydrogen (secondary N) is 1. The Morgan fingerprint density at radius 1 is 1.44 bits per heavy atom. The first-order valence-corrected chi connectivity index (χ1v) is 8.06. The monoisotopic (exact) mass is 253 g/mol. The van der Waals surface area contributed by atoms with Gasteiger partial charge in [-0.25, -0.2) is 0 Å². The summed E-state index contributed by atoms with van der Waals surface area (Å²) in [7, 11) is 0. The number of thioether (sulfide) groups is 2. The lowest BCUT2D eigenvalue weighted by Gasteiger charge is -2.30. The first-order valence-electron chi connectivity index (χ1n) is 5.79. The van der Waals surface area contributed by atoms with Crippen molar-refractivity contribution in [2.75, 3.05) is 18.6 Å². The molecule has 0 fully saturated rings. The number of benzene rings is 1. The molecule has 2 atom stereocenters. The van der Waals surface area contributed by atoms with Gasteiger partial charge in [-0.1, -0.05) is 25.1 Å². The highest BCUT2D eigenvalue weighted by Crippen LogP contribution is 2.40. The molecule has 1 aliphatic rings. The first-order chi connectivity index (χ1) is 7.81. The van der Waals surface area contributed by atoms with E-state index in [2.05, 4.69) is 42.8 Å². The van der Waals surface area contributed by atoms with Crippen LogP contribution in [-0.2, 0) is 0 Å². The molecule has 0 amide bonds. The number of hydrogen-bond acceptors (Lipinski definition) is 3. The second-order valence-corrected chi connectivity index (χ2v) is 6.67. The van der Waals surface area contributed by atoms with Crippen molar-refractivity contribution in [3.63, 3.8) is 0 Å². The summed E-state index contributed by atoms with van der Waals surface area (Å²) in [5.41, 5.74) is 1.49. The summed E-state index contributed by atoms with van der Waals surface area (Å²) >= 11 is 3.91. The lowest BCUT2D eigenvalue weighted by Crippen LogP contribution is -2.28. The molecule has 0 bridgehead atoms. The maximum atomic E-state index is 3.67. The van der Waals surface area contributed by atoms with Crippen LogP contribution < -0.4 is 5.32 Å². The normalized spacial score (nSPS) is 24.1. The molecule has 0 saturated carbocycles. The van der Waals surface area contributed by atoms with E-state index < -0.39 is 0 Å². The topological polar surface area (TPSA) is 12.0 Å². The fourth-order valence-electron chi connectivity index (χ4n) is 2.13. The number of rotatable bonds is 4. The SMILES string of the molecule is CSCCNC1CC(C)Sc2ccccc21. The van der Waals surface area contributed by atoms with E-state index in [9.17, 15) is 0 Å². The second kappa shape index (κ2) is 5.99. The molecule has 0 radical (unpaired) electrons. The third kappa shape index (κ3) is 2.96. The van der Waals surface area contributed by atoms with Gasteiger partial charge in [0.25, 0.3) is 0 Å². The predicted molar refractivity (Wildman–Crippen MR) is 75.5 cm³/mol. The van der Waals surface area contributed by atoms with E-state index in [-0.39, 0.29) is 0 Å². The average molecular weight is 253 g/mol. The van der Waals surface area contributed by atoms with Crippen LogP contribution in [0.2, 0.25) is 0 Å². The van der Waals surface area contributed by atoms with Gasteiger partial charge in [0.05, 0.1) is 0 Å². The van der Waals surface area contributed by atoms with E-state index in [0.29, 0.717) is 6.04 Å². The molecule has 16 heavy (non-hydrogen) atoms. The van der Waals surface area contributed by atoms with Crippen molar-refractivity contribution in [3.8, 4) is 0 Å². The Kier molecular flexibility index (Phi) is 4.62. The van der Waals surface area contributed by atoms with Crippen LogP contribution in [0.3, 0.4) is 0 Å². The fraction of sp³-hybridized carbons (Fsp3) is 0.538. The molecule has 1 aromatic rings. The quantitative estimate of drug-likeness (QED) is 0.824. The molecule has 1 aliphatic heterocycles. The molecule has 0 aliphatic carbocycles. The Balaban J connectivity index is 2.07. The Labute approximate surface area is 107 Å². The van der Waals surface area contributed by atoms with Gasteiger partial charge in [0, 0.05) is 28.5 Å². The third-order valence-electron chi connectivity index (χ3n) is 2.89. The molecule has 3 heteroatoms. The standard InChI is InChI=1S/C13H19NS2/c1-10-9-12(14-7-8-15-2)11-5-3-4-6-13(11)16-10/h3-6,10,12,14H,7-9H2,1-2H3. The highest BCUT2D eigenvalue weighted by molar-refractivity contribution is 8.00. The van der Waals surface area contributed by atoms with Crippen LogP contribution in [0.25, 0.3) is 0 Å². The van der Waals surface area contributed by atoms with Crippen LogP contribution in [0.4, 0.5) is 0 Å². The largest absolute Gasteiger partial charge is 0.309 e. The van der Waals surface area contributed by atoms with E-state index >= 15 is 0 Å². The average Bonchev–Trinajstić information content (AvgIpc) is 2.29. The molecule has 1 nitrogen and oxygen atoms in total. The van der Waals surface area contributed by atoms with Crippen LogP contribution in [-0.4, -0.2) is 23.8 Å². The molecule has 1 aromatic carbocycles. The summed E-state index contributed by atoms with van der Waals surface area (Å²) in [5, 5.41) is 4.40. The minimum Gasteiger partial charge on any atom is -0.309 e. The number of fused-ring (bicyclic) bond motifs is 1. The zero-order valence-electron chi connectivity index (χ0n) is 9.90. The Morgan fingerprint density at radius 2 is 2.25 bits per heavy atom. The minimum atomic E-state index is 0.555. The van der Waals surface area contributed by atoms with E-state index in [1.54, 1.807) is 0 Å². The zero-order valence-corrected chi connectivity index (χ0v) is 11.5. The van der Waals surface area contributed by atoms with Gasteiger partial charge in [0.15, 0.2) is 0 Å². The summed E-state index contributed by atoms with van der Waals surface area (Å²) in [6, 6.07) is 9.37. The van der Waals surface area contributed by atoms with E-state index in [1.165, 1.54) is 22.6 Å². The van der Waals surface area contributed by atoms with Gasteiger partial charge < -0.3 is 5.32 Å². The molecule has 1 N–H and O–H groups in total. The fourth-order valence-corrected chi connectivity index (χ4v) is 3.68. The van der Waals surface area contributed by atoms with Crippen molar-refractivity contribution < 1.29 is 0 Å². The molecule has 88 valence electrons. The highest BCUT2D eigenvalue weighted by atomic mass is 32.2. The molecular formula is C13H19NS2. The summed E-state index contributed by atoms with van der Waals surface area (Å²) < 4.78 is 0. The lowest BCUT2D eigenvalue weighted by atomic mass is 10.0. The predicted octanol–water partition coefficient (Wildman–Crippen LogP) is 3.56. The number of hydrogen-bond donors (Lipinski definition) is 1. The van der Waals surface area contributed by atoms with Crippen molar-refractivity contribution in [1.82, 2.24) is 5.32 Å². The van der Waals surface area contributed by atoms with E-state index in [4.69, 9.17) is 0 Å². The van der Waals surface area contributed by atoms with Crippen molar-refractivity contribution in [1.29, 1.82) is 0 Å². The van der Waals surface area contributed by atoms with Crippen molar-refractivity contribution >= 4 is 23.5 Å². The zero-order chi connectivity index (χ0) is 11.4. The minimum absolute atomic E-state index is 0.555. The molecule has 2 unspecified atom stereocenters. The molecular weight excluding hydrogens is 234 g/mol. The third-order valence-corrected chi connectivity index (χ3v) is 4.72. The van der Waals surface area contributed by atoms with Gasteiger partial charge in [-0.2, -0.15) is 11.8 Å². The van der Waals surface area contributed by atoms with Crippen molar-refractivity contribution in [2.45, 2.75) is 29.5 Å². The van der Waals surface area contributed by atoms with Gasteiger partial charge in [-0.15, -0.1) is 11.8 Å². The first kappa shape index (κ1) is 12.3. The molecule has 1 heterocycles. The lowest BCUT2D eigenvalue weighted by molar-refractivity contribution is 0.502. The smallest absolute Gasteiger partial charge is 0.0342 e. The summed E-state index contributed by atoms with van der Waals surface area (Å²) in [4.78, 5) is 1.46. The Bertz CT molecular complexity index is 340. The molecule has 2 rings (SSSR count). The maximum absolute atomic E-state index is 3.67. The summed E-state index contributed by atoms with van der Waals surface area (Å²) in [5.74, 6) is 1.19. The Hall–Kier alpha value is -0.120. The van der Waals surface area contributed by atoms with Crippen LogP contribution in [0.1, 0.15) is 24.9 Å². The van der Waals surface area contributed by atoms with Crippen LogP contribution in [0.15, 0.2) is 29.2 Å². The summed E-state index contributed by atoms with van der Waals surface area (Å²) in [6.45, 7) is 3.43. The van der Waals surface area contributed by atoms with Crippen LogP contribution in [0.5, 0.6) is 0 Å². The van der Waals surface area contributed by atoms with Crippen molar-refractivity contribution in [2.24, 2.45) is 0 Å². The van der Waals surface area contributed by atoms with Crippen molar-refractivity contribution in [3.05, 3.63) is 29.8 Å². The second-order valence-electron chi connectivity index (χ2n) is 4.20. The van der Waals surface area contributed by atoms with Gasteiger partial charge in [-0.3, -0.25) is 0 Å².